The molecule has 1 saturated heterocycles. The maximum Gasteiger partial charge on any atom is 0.324 e. The summed E-state index contributed by atoms with van der Waals surface area (Å²) in [6.07, 6.45) is 0. The Hall–Kier alpha value is -1.30. The molecule has 2 amide bonds. The van der Waals surface area contributed by atoms with Gasteiger partial charge in [-0.15, -0.1) is 0 Å². The first kappa shape index (κ1) is 9.79. The molecular weight excluding hydrogens is 174 g/mol. The van der Waals surface area contributed by atoms with Crippen LogP contribution in [0.5, 0.6) is 0 Å². The van der Waals surface area contributed by atoms with Gasteiger partial charge in [0, 0.05) is 19.6 Å². The first-order valence-corrected chi connectivity index (χ1v) is 4.01. The van der Waals surface area contributed by atoms with Gasteiger partial charge >= 0.3 is 12.0 Å². The second-order valence-corrected chi connectivity index (χ2v) is 2.81. The second kappa shape index (κ2) is 4.08. The van der Waals surface area contributed by atoms with Gasteiger partial charge in [0.1, 0.15) is 6.04 Å². The zero-order valence-corrected chi connectivity index (χ0v) is 7.45. The molecule has 0 radical (unpaired) electrons. The highest BCUT2D eigenvalue weighted by molar-refractivity contribution is 5.79. The number of carbonyl (C=O) groups excluding carboxylic acids is 2. The van der Waals surface area contributed by atoms with E-state index in [-0.39, 0.29) is 12.6 Å². The average Bonchev–Trinajstić information content (AvgIpc) is 2.50. The van der Waals surface area contributed by atoms with Crippen molar-refractivity contribution in [2.45, 2.75) is 6.04 Å². The fraction of sp³-hybridized carbons (Fsp3) is 0.714. The minimum atomic E-state index is -0.756. The number of ether oxygens (including phenoxy) is 1. The molecule has 0 aromatic carbocycles. The van der Waals surface area contributed by atoms with Gasteiger partial charge in [-0.3, -0.25) is 4.79 Å². The molecule has 0 saturated carbocycles. The van der Waals surface area contributed by atoms with E-state index in [2.05, 4.69) is 10.1 Å². The molecule has 1 heterocycles. The highest BCUT2D eigenvalue weighted by atomic mass is 16.5. The summed E-state index contributed by atoms with van der Waals surface area (Å²) in [6.45, 7) is 1.40. The molecule has 6 nitrogen and oxygen atoms in total. The molecule has 0 bridgehead atoms. The lowest BCUT2D eigenvalue weighted by atomic mass is 10.3. The van der Waals surface area contributed by atoms with E-state index in [1.54, 1.807) is 0 Å². The Morgan fingerprint density at radius 1 is 1.85 bits per heavy atom. The number of nitrogens with one attached hydrogen (secondary N) is 1. The Labute approximate surface area is 76.0 Å². The lowest BCUT2D eigenvalue weighted by molar-refractivity contribution is -0.142. The summed E-state index contributed by atoms with van der Waals surface area (Å²) in [7, 11) is 1.27. The monoisotopic (exact) mass is 187 g/mol. The summed E-state index contributed by atoms with van der Waals surface area (Å²) < 4.78 is 4.44. The van der Waals surface area contributed by atoms with Gasteiger partial charge in [-0.2, -0.15) is 0 Å². The van der Waals surface area contributed by atoms with Crippen molar-refractivity contribution in [1.82, 2.24) is 10.2 Å². The highest BCUT2D eigenvalue weighted by Gasteiger charge is 2.24. The number of urea groups is 1. The van der Waals surface area contributed by atoms with Gasteiger partial charge in [0.15, 0.2) is 0 Å². The Morgan fingerprint density at radius 3 is 3.00 bits per heavy atom. The lowest BCUT2D eigenvalue weighted by Gasteiger charge is -2.17. The number of hydrogen-bond acceptors (Lipinski definition) is 4. The third kappa shape index (κ3) is 2.32. The molecule has 1 aliphatic rings. The maximum atomic E-state index is 11.0. The number of nitrogens with two attached hydrogens (primary N) is 1. The molecule has 1 fully saturated rings. The van der Waals surface area contributed by atoms with E-state index >= 15 is 0 Å². The smallest absolute Gasteiger partial charge is 0.324 e. The molecule has 0 aromatic rings. The zero-order chi connectivity index (χ0) is 9.84. The topological polar surface area (TPSA) is 84.7 Å². The van der Waals surface area contributed by atoms with E-state index in [0.29, 0.717) is 13.1 Å². The van der Waals surface area contributed by atoms with Crippen LogP contribution in [-0.4, -0.2) is 49.7 Å². The van der Waals surface area contributed by atoms with Crippen LogP contribution in [0.3, 0.4) is 0 Å². The standard InChI is InChI=1S/C7H13N3O3/c1-13-6(11)5(8)4-10-3-2-9-7(10)12/h5H,2-4,8H2,1H3,(H,9,12). The van der Waals surface area contributed by atoms with Crippen molar-refractivity contribution in [2.24, 2.45) is 5.73 Å². The van der Waals surface area contributed by atoms with E-state index in [0.717, 1.165) is 0 Å². The average molecular weight is 187 g/mol. The zero-order valence-electron chi connectivity index (χ0n) is 7.45. The Bertz CT molecular complexity index is 219. The predicted octanol–water partition coefficient (Wildman–Crippen LogP) is -1.49. The number of methoxy groups -OCH3 is 1. The van der Waals surface area contributed by atoms with Crippen LogP contribution in [0.4, 0.5) is 4.79 Å². The maximum absolute atomic E-state index is 11.0. The summed E-state index contributed by atoms with van der Waals surface area (Å²) in [4.78, 5) is 23.4. The number of carbonyl (C=O) groups is 2. The van der Waals surface area contributed by atoms with E-state index in [1.165, 1.54) is 12.0 Å². The molecule has 3 N–H and O–H groups in total. The molecule has 1 rings (SSSR count). The van der Waals surface area contributed by atoms with Gasteiger partial charge in [0.25, 0.3) is 0 Å². The van der Waals surface area contributed by atoms with Crippen molar-refractivity contribution in [1.29, 1.82) is 0 Å². The van der Waals surface area contributed by atoms with Gasteiger partial charge in [-0.25, -0.2) is 4.79 Å². The van der Waals surface area contributed by atoms with E-state index in [4.69, 9.17) is 5.73 Å². The van der Waals surface area contributed by atoms with E-state index in [9.17, 15) is 9.59 Å². The van der Waals surface area contributed by atoms with Gasteiger partial charge in [0.05, 0.1) is 7.11 Å². The number of amides is 2. The number of hydrogen-bond donors (Lipinski definition) is 2. The minimum absolute atomic E-state index is 0.181. The highest BCUT2D eigenvalue weighted by Crippen LogP contribution is 1.98. The van der Waals surface area contributed by atoms with Crippen LogP contribution in [-0.2, 0) is 9.53 Å². The number of rotatable bonds is 3. The van der Waals surface area contributed by atoms with Gasteiger partial charge < -0.3 is 20.7 Å². The van der Waals surface area contributed by atoms with Gasteiger partial charge in [-0.05, 0) is 0 Å². The molecule has 13 heavy (non-hydrogen) atoms. The summed E-state index contributed by atoms with van der Waals surface area (Å²) >= 11 is 0. The predicted molar refractivity (Wildman–Crippen MR) is 45.0 cm³/mol. The van der Waals surface area contributed by atoms with Crippen LogP contribution < -0.4 is 11.1 Å². The quantitative estimate of drug-likeness (QED) is 0.527. The number of nitrogens with zero attached hydrogens (tertiary/aromatic N) is 1. The van der Waals surface area contributed by atoms with Crippen LogP contribution in [0.15, 0.2) is 0 Å². The summed E-state index contributed by atoms with van der Waals surface area (Å²) in [5.74, 6) is -0.500. The summed E-state index contributed by atoms with van der Waals surface area (Å²) in [6, 6.07) is -0.937. The SMILES string of the molecule is COC(=O)C(N)CN1CCNC1=O. The van der Waals surface area contributed by atoms with Crippen LogP contribution in [0.1, 0.15) is 0 Å². The fourth-order valence-electron chi connectivity index (χ4n) is 1.15. The summed E-state index contributed by atoms with van der Waals surface area (Å²) in [5, 5.41) is 2.61. The molecule has 1 aliphatic heterocycles. The third-order valence-corrected chi connectivity index (χ3v) is 1.87. The molecular formula is C7H13N3O3. The van der Waals surface area contributed by atoms with Gasteiger partial charge in [-0.1, -0.05) is 0 Å². The molecule has 6 heteroatoms. The molecule has 1 unspecified atom stereocenters. The molecule has 0 spiro atoms. The Balaban J connectivity index is 2.39. The van der Waals surface area contributed by atoms with Crippen molar-refractivity contribution in [2.75, 3.05) is 26.7 Å². The van der Waals surface area contributed by atoms with E-state index in [1.807, 2.05) is 0 Å². The lowest BCUT2D eigenvalue weighted by Crippen LogP contribution is -2.44. The first-order chi connectivity index (χ1) is 6.15. The van der Waals surface area contributed by atoms with Crippen LogP contribution in [0.25, 0.3) is 0 Å². The largest absolute Gasteiger partial charge is 0.468 e. The van der Waals surface area contributed by atoms with E-state index < -0.39 is 12.0 Å². The second-order valence-electron chi connectivity index (χ2n) is 2.81. The number of esters is 1. The normalized spacial score (nSPS) is 18.3. The van der Waals surface area contributed by atoms with Crippen LogP contribution in [0, 0.1) is 0 Å². The van der Waals surface area contributed by atoms with Crippen molar-refractivity contribution in [3.8, 4) is 0 Å². The minimum Gasteiger partial charge on any atom is -0.468 e. The molecule has 1 atom stereocenters. The van der Waals surface area contributed by atoms with Gasteiger partial charge in [0.2, 0.25) is 0 Å². The Morgan fingerprint density at radius 2 is 2.54 bits per heavy atom. The van der Waals surface area contributed by atoms with Crippen molar-refractivity contribution >= 4 is 12.0 Å². The van der Waals surface area contributed by atoms with Crippen molar-refractivity contribution < 1.29 is 14.3 Å². The third-order valence-electron chi connectivity index (χ3n) is 1.87. The summed E-state index contributed by atoms with van der Waals surface area (Å²) in [5.41, 5.74) is 5.47. The Kier molecular flexibility index (Phi) is 3.07. The fourth-order valence-corrected chi connectivity index (χ4v) is 1.15. The van der Waals surface area contributed by atoms with Crippen molar-refractivity contribution in [3.05, 3.63) is 0 Å². The molecule has 0 aliphatic carbocycles. The molecule has 0 aromatic heterocycles. The van der Waals surface area contributed by atoms with Crippen LogP contribution >= 0.6 is 0 Å². The van der Waals surface area contributed by atoms with Crippen LogP contribution in [0.2, 0.25) is 0 Å². The molecule has 74 valence electrons. The van der Waals surface area contributed by atoms with Crippen molar-refractivity contribution in [3.63, 3.8) is 0 Å². The first-order valence-electron chi connectivity index (χ1n) is 4.01.